The summed E-state index contributed by atoms with van der Waals surface area (Å²) in [5.74, 6) is -0.0858. The molecular weight excluding hydrogens is 228 g/mol. The topological polar surface area (TPSA) is 80.9 Å². The first kappa shape index (κ1) is 14.6. The fourth-order valence-electron chi connectivity index (χ4n) is 1.20. The molecule has 0 spiro atoms. The third-order valence-electron chi connectivity index (χ3n) is 3.44. The second kappa shape index (κ2) is 5.02. The predicted octanol–water partition coefficient (Wildman–Crippen LogP) is 1.16. The van der Waals surface area contributed by atoms with Gasteiger partial charge in [-0.15, -0.1) is 0 Å². The predicted molar refractivity (Wildman–Crippen MR) is 70.7 cm³/mol. The number of nitrogens with zero attached hydrogens (tertiary/aromatic N) is 2. The van der Waals surface area contributed by atoms with Crippen LogP contribution >= 0.6 is 0 Å². The number of nitrogens with one attached hydrogen (secondary N) is 1. The lowest BCUT2D eigenvalue weighted by molar-refractivity contribution is -0.132. The Labute approximate surface area is 108 Å². The molecule has 0 aliphatic rings. The molecule has 0 fully saturated rings. The Balaban J connectivity index is 2.64. The van der Waals surface area contributed by atoms with Crippen LogP contribution in [-0.4, -0.2) is 21.4 Å². The number of hydrogen-bond acceptors (Lipinski definition) is 4. The summed E-state index contributed by atoms with van der Waals surface area (Å²) in [5.41, 5.74) is 6.37. The van der Waals surface area contributed by atoms with E-state index >= 15 is 0 Å². The number of rotatable bonds is 4. The van der Waals surface area contributed by atoms with E-state index in [0.29, 0.717) is 6.54 Å². The summed E-state index contributed by atoms with van der Waals surface area (Å²) < 4.78 is 0. The standard InChI is InChI=1S/C13H22N4O/c1-9-6-16-10(7-15-9)8-17-11(18)12(2,3)13(4,5)14/h6-7H,8,14H2,1-5H3,(H,17,18). The van der Waals surface area contributed by atoms with Crippen LogP contribution in [0.4, 0.5) is 0 Å². The number of nitrogens with two attached hydrogens (primary N) is 1. The van der Waals surface area contributed by atoms with Crippen molar-refractivity contribution in [2.75, 3.05) is 0 Å². The maximum atomic E-state index is 12.1. The van der Waals surface area contributed by atoms with E-state index in [1.807, 2.05) is 34.6 Å². The molecule has 0 aromatic carbocycles. The van der Waals surface area contributed by atoms with Gasteiger partial charge in [-0.05, 0) is 34.6 Å². The zero-order valence-corrected chi connectivity index (χ0v) is 11.7. The first-order valence-electron chi connectivity index (χ1n) is 5.99. The van der Waals surface area contributed by atoms with Crippen molar-refractivity contribution in [3.05, 3.63) is 23.8 Å². The zero-order chi connectivity index (χ0) is 14.0. The molecule has 18 heavy (non-hydrogen) atoms. The number of carbonyl (C=O) groups is 1. The summed E-state index contributed by atoms with van der Waals surface area (Å²) >= 11 is 0. The van der Waals surface area contributed by atoms with Crippen molar-refractivity contribution in [2.24, 2.45) is 11.1 Å². The van der Waals surface area contributed by atoms with E-state index < -0.39 is 11.0 Å². The molecule has 1 aromatic rings. The number of aromatic nitrogens is 2. The van der Waals surface area contributed by atoms with Crippen LogP contribution in [0.2, 0.25) is 0 Å². The Morgan fingerprint density at radius 3 is 2.33 bits per heavy atom. The Bertz CT molecular complexity index is 418. The first-order valence-corrected chi connectivity index (χ1v) is 5.99. The summed E-state index contributed by atoms with van der Waals surface area (Å²) in [7, 11) is 0. The van der Waals surface area contributed by atoms with Gasteiger partial charge in [-0.3, -0.25) is 14.8 Å². The van der Waals surface area contributed by atoms with Gasteiger partial charge < -0.3 is 11.1 Å². The Morgan fingerprint density at radius 2 is 1.89 bits per heavy atom. The van der Waals surface area contributed by atoms with Crippen LogP contribution in [0, 0.1) is 12.3 Å². The molecule has 1 aromatic heterocycles. The van der Waals surface area contributed by atoms with Crippen LogP contribution in [-0.2, 0) is 11.3 Å². The van der Waals surface area contributed by atoms with Gasteiger partial charge in [0.2, 0.25) is 5.91 Å². The molecular formula is C13H22N4O. The van der Waals surface area contributed by atoms with Crippen LogP contribution in [0.1, 0.15) is 39.1 Å². The summed E-state index contributed by atoms with van der Waals surface area (Å²) in [6.07, 6.45) is 3.34. The Kier molecular flexibility index (Phi) is 4.06. The third-order valence-corrected chi connectivity index (χ3v) is 3.44. The van der Waals surface area contributed by atoms with E-state index in [1.165, 1.54) is 0 Å². The zero-order valence-electron chi connectivity index (χ0n) is 11.7. The fraction of sp³-hybridized carbons (Fsp3) is 0.615. The quantitative estimate of drug-likeness (QED) is 0.840. The van der Waals surface area contributed by atoms with E-state index in [4.69, 9.17) is 5.73 Å². The molecule has 0 aliphatic heterocycles. The smallest absolute Gasteiger partial charge is 0.227 e. The molecule has 100 valence electrons. The molecule has 0 aliphatic carbocycles. The van der Waals surface area contributed by atoms with Crippen LogP contribution in [0.25, 0.3) is 0 Å². The molecule has 0 bridgehead atoms. The number of hydrogen-bond donors (Lipinski definition) is 2. The molecule has 3 N–H and O–H groups in total. The van der Waals surface area contributed by atoms with Gasteiger partial charge in [0, 0.05) is 11.7 Å². The maximum Gasteiger partial charge on any atom is 0.227 e. The van der Waals surface area contributed by atoms with Crippen LogP contribution < -0.4 is 11.1 Å². The lowest BCUT2D eigenvalue weighted by atomic mass is 9.74. The first-order chi connectivity index (χ1) is 8.14. The van der Waals surface area contributed by atoms with Crippen molar-refractivity contribution >= 4 is 5.91 Å². The summed E-state index contributed by atoms with van der Waals surface area (Å²) in [6, 6.07) is 0. The minimum Gasteiger partial charge on any atom is -0.350 e. The summed E-state index contributed by atoms with van der Waals surface area (Å²) in [6.45, 7) is 9.60. The number of amides is 1. The summed E-state index contributed by atoms with van der Waals surface area (Å²) in [5, 5.41) is 2.84. The Hall–Kier alpha value is -1.49. The third kappa shape index (κ3) is 3.26. The summed E-state index contributed by atoms with van der Waals surface area (Å²) in [4.78, 5) is 20.4. The normalized spacial score (nSPS) is 12.3. The lowest BCUT2D eigenvalue weighted by Crippen LogP contribution is -2.55. The van der Waals surface area contributed by atoms with Gasteiger partial charge in [0.15, 0.2) is 0 Å². The van der Waals surface area contributed by atoms with Crippen molar-refractivity contribution < 1.29 is 4.79 Å². The van der Waals surface area contributed by atoms with Crippen molar-refractivity contribution in [1.82, 2.24) is 15.3 Å². The Morgan fingerprint density at radius 1 is 1.28 bits per heavy atom. The van der Waals surface area contributed by atoms with E-state index in [2.05, 4.69) is 15.3 Å². The number of carbonyl (C=O) groups excluding carboxylic acids is 1. The molecule has 1 rings (SSSR count). The van der Waals surface area contributed by atoms with E-state index in [9.17, 15) is 4.79 Å². The van der Waals surface area contributed by atoms with Gasteiger partial charge >= 0.3 is 0 Å². The molecule has 5 nitrogen and oxygen atoms in total. The molecule has 0 saturated carbocycles. The van der Waals surface area contributed by atoms with Crippen molar-refractivity contribution in [1.29, 1.82) is 0 Å². The molecule has 1 amide bonds. The van der Waals surface area contributed by atoms with Crippen molar-refractivity contribution in [3.63, 3.8) is 0 Å². The SMILES string of the molecule is Cc1cnc(CNC(=O)C(C)(C)C(C)(C)N)cn1. The fourth-order valence-corrected chi connectivity index (χ4v) is 1.20. The molecule has 5 heteroatoms. The van der Waals surface area contributed by atoms with Crippen LogP contribution in [0.3, 0.4) is 0 Å². The molecule has 0 atom stereocenters. The highest BCUT2D eigenvalue weighted by Crippen LogP contribution is 2.28. The molecule has 0 unspecified atom stereocenters. The van der Waals surface area contributed by atoms with Crippen molar-refractivity contribution in [2.45, 2.75) is 46.7 Å². The highest BCUT2D eigenvalue weighted by atomic mass is 16.2. The van der Waals surface area contributed by atoms with Crippen molar-refractivity contribution in [3.8, 4) is 0 Å². The highest BCUT2D eigenvalue weighted by molar-refractivity contribution is 5.83. The minimum absolute atomic E-state index is 0.0858. The average molecular weight is 250 g/mol. The lowest BCUT2D eigenvalue weighted by Gasteiger charge is -2.36. The monoisotopic (exact) mass is 250 g/mol. The van der Waals surface area contributed by atoms with Gasteiger partial charge in [-0.1, -0.05) is 0 Å². The largest absolute Gasteiger partial charge is 0.350 e. The van der Waals surface area contributed by atoms with Gasteiger partial charge in [-0.2, -0.15) is 0 Å². The molecule has 1 heterocycles. The minimum atomic E-state index is -0.648. The van der Waals surface area contributed by atoms with Gasteiger partial charge in [0.25, 0.3) is 0 Å². The second-order valence-corrected chi connectivity index (χ2v) is 5.68. The van der Waals surface area contributed by atoms with E-state index in [-0.39, 0.29) is 5.91 Å². The second-order valence-electron chi connectivity index (χ2n) is 5.68. The number of aryl methyl sites for hydroxylation is 1. The van der Waals surface area contributed by atoms with Crippen LogP contribution in [0.15, 0.2) is 12.4 Å². The van der Waals surface area contributed by atoms with Crippen LogP contribution in [0.5, 0.6) is 0 Å². The maximum absolute atomic E-state index is 12.1. The molecule has 0 saturated heterocycles. The van der Waals surface area contributed by atoms with Gasteiger partial charge in [0.05, 0.1) is 29.5 Å². The van der Waals surface area contributed by atoms with E-state index in [1.54, 1.807) is 12.4 Å². The highest BCUT2D eigenvalue weighted by Gasteiger charge is 2.40. The average Bonchev–Trinajstić information content (AvgIpc) is 2.26. The van der Waals surface area contributed by atoms with E-state index in [0.717, 1.165) is 11.4 Å². The van der Waals surface area contributed by atoms with Gasteiger partial charge in [0.1, 0.15) is 0 Å². The molecule has 0 radical (unpaired) electrons. The van der Waals surface area contributed by atoms with Gasteiger partial charge in [-0.25, -0.2) is 0 Å².